The van der Waals surface area contributed by atoms with Gasteiger partial charge in [-0.15, -0.1) is 0 Å². The third kappa shape index (κ3) is 4.10. The van der Waals surface area contributed by atoms with Crippen molar-refractivity contribution in [2.75, 3.05) is 44.7 Å². The summed E-state index contributed by atoms with van der Waals surface area (Å²) in [7, 11) is 0. The number of anilines is 1. The number of para-hydroxylation sites is 1. The molecule has 1 saturated heterocycles. The molecule has 5 nitrogen and oxygen atoms in total. The van der Waals surface area contributed by atoms with Crippen molar-refractivity contribution in [1.29, 1.82) is 0 Å². The second-order valence-corrected chi connectivity index (χ2v) is 7.39. The van der Waals surface area contributed by atoms with Crippen LogP contribution in [0.2, 0.25) is 5.02 Å². The maximum absolute atomic E-state index is 13.2. The van der Waals surface area contributed by atoms with Crippen LogP contribution in [0.1, 0.15) is 28.5 Å². The first-order valence-corrected chi connectivity index (χ1v) is 9.82. The maximum Gasteiger partial charge on any atom is 0.257 e. The molecule has 2 aromatic rings. The lowest BCUT2D eigenvalue weighted by Gasteiger charge is -2.38. The summed E-state index contributed by atoms with van der Waals surface area (Å²) in [6.07, 6.45) is 0.711. The van der Waals surface area contributed by atoms with Gasteiger partial charge in [0.25, 0.3) is 5.91 Å². The van der Waals surface area contributed by atoms with Crippen molar-refractivity contribution < 1.29 is 9.53 Å². The number of ether oxygens (including phenoxy) is 1. The van der Waals surface area contributed by atoms with Crippen molar-refractivity contribution in [3.8, 4) is 0 Å². The smallest absolute Gasteiger partial charge is 0.257 e. The summed E-state index contributed by atoms with van der Waals surface area (Å²) in [6, 6.07) is 15.4. The third-order valence-electron chi connectivity index (χ3n) is 5.16. The number of halogens is 1. The van der Waals surface area contributed by atoms with E-state index in [1.165, 1.54) is 0 Å². The van der Waals surface area contributed by atoms with Crippen LogP contribution in [0.5, 0.6) is 0 Å². The minimum absolute atomic E-state index is 0.0660. The van der Waals surface area contributed by atoms with Crippen molar-refractivity contribution in [3.05, 3.63) is 64.7 Å². The van der Waals surface area contributed by atoms with Gasteiger partial charge in [0, 0.05) is 36.9 Å². The molecule has 1 unspecified atom stereocenters. The highest BCUT2D eigenvalue weighted by Gasteiger charge is 2.32. The zero-order valence-electron chi connectivity index (χ0n) is 15.2. The molecule has 27 heavy (non-hydrogen) atoms. The Hall–Kier alpha value is -2.08. The summed E-state index contributed by atoms with van der Waals surface area (Å²) < 4.78 is 5.41. The van der Waals surface area contributed by atoms with Gasteiger partial charge >= 0.3 is 0 Å². The summed E-state index contributed by atoms with van der Waals surface area (Å²) in [4.78, 5) is 17.5. The fourth-order valence-electron chi connectivity index (χ4n) is 3.75. The summed E-state index contributed by atoms with van der Waals surface area (Å²) in [5, 5.41) is 4.20. The molecule has 2 aromatic carbocycles. The molecular formula is C21H24ClN3O2. The number of benzene rings is 2. The largest absolute Gasteiger partial charge is 0.379 e. The molecule has 2 heterocycles. The van der Waals surface area contributed by atoms with Crippen LogP contribution in [0.3, 0.4) is 0 Å². The highest BCUT2D eigenvalue weighted by molar-refractivity contribution is 6.30. The Morgan fingerprint density at radius 2 is 1.89 bits per heavy atom. The molecule has 6 heteroatoms. The van der Waals surface area contributed by atoms with Gasteiger partial charge in [-0.25, -0.2) is 0 Å². The molecule has 1 N–H and O–H groups in total. The number of carbonyl (C=O) groups is 1. The summed E-state index contributed by atoms with van der Waals surface area (Å²) in [5.41, 5.74) is 2.59. The van der Waals surface area contributed by atoms with E-state index in [4.69, 9.17) is 16.3 Å². The number of amides is 1. The Balaban J connectivity index is 1.54. The fraction of sp³-hybridized carbons (Fsp3) is 0.381. The Morgan fingerprint density at radius 1 is 1.07 bits per heavy atom. The van der Waals surface area contributed by atoms with E-state index in [-0.39, 0.29) is 12.1 Å². The Kier molecular flexibility index (Phi) is 5.62. The van der Waals surface area contributed by atoms with Crippen molar-refractivity contribution in [3.63, 3.8) is 0 Å². The highest BCUT2D eigenvalue weighted by Crippen LogP contribution is 2.33. The SMILES string of the molecule is O=C1c2ccccc2NC(c2cccc(Cl)c2)N1CCCN1CCOCC1. The van der Waals surface area contributed by atoms with E-state index >= 15 is 0 Å². The molecule has 0 saturated carbocycles. The first-order valence-electron chi connectivity index (χ1n) is 9.44. The lowest BCUT2D eigenvalue weighted by atomic mass is 10.0. The van der Waals surface area contributed by atoms with Gasteiger partial charge in [0.1, 0.15) is 6.17 Å². The number of morpholine rings is 1. The zero-order valence-corrected chi connectivity index (χ0v) is 16.0. The van der Waals surface area contributed by atoms with E-state index in [2.05, 4.69) is 10.2 Å². The second kappa shape index (κ2) is 8.30. The van der Waals surface area contributed by atoms with Crippen molar-refractivity contribution in [2.24, 2.45) is 0 Å². The van der Waals surface area contributed by atoms with Crippen LogP contribution in [-0.2, 0) is 4.74 Å². The lowest BCUT2D eigenvalue weighted by Crippen LogP contribution is -2.44. The average molecular weight is 386 g/mol. The van der Waals surface area contributed by atoms with Gasteiger partial charge in [0.05, 0.1) is 18.8 Å². The van der Waals surface area contributed by atoms with Gasteiger partial charge in [0.15, 0.2) is 0 Å². The van der Waals surface area contributed by atoms with Gasteiger partial charge in [-0.1, -0.05) is 35.9 Å². The van der Waals surface area contributed by atoms with E-state index in [1.807, 2.05) is 53.4 Å². The van der Waals surface area contributed by atoms with E-state index in [0.717, 1.165) is 56.1 Å². The molecular weight excluding hydrogens is 362 g/mol. The Labute approximate surface area is 164 Å². The van der Waals surface area contributed by atoms with Crippen LogP contribution in [0.25, 0.3) is 0 Å². The highest BCUT2D eigenvalue weighted by atomic mass is 35.5. The topological polar surface area (TPSA) is 44.8 Å². The lowest BCUT2D eigenvalue weighted by molar-refractivity contribution is 0.0348. The molecule has 1 amide bonds. The predicted octanol–water partition coefficient (Wildman–Crippen LogP) is 3.63. The van der Waals surface area contributed by atoms with Crippen LogP contribution in [0.4, 0.5) is 5.69 Å². The summed E-state index contributed by atoms with van der Waals surface area (Å²) in [5.74, 6) is 0.0660. The first-order chi connectivity index (χ1) is 13.2. The van der Waals surface area contributed by atoms with Crippen molar-refractivity contribution in [1.82, 2.24) is 9.80 Å². The fourth-order valence-corrected chi connectivity index (χ4v) is 3.95. The van der Waals surface area contributed by atoms with Gasteiger partial charge in [-0.2, -0.15) is 0 Å². The van der Waals surface area contributed by atoms with E-state index < -0.39 is 0 Å². The predicted molar refractivity (Wildman–Crippen MR) is 107 cm³/mol. The molecule has 1 fully saturated rings. The molecule has 4 rings (SSSR count). The van der Waals surface area contributed by atoms with Gasteiger partial charge in [0.2, 0.25) is 0 Å². The summed E-state index contributed by atoms with van der Waals surface area (Å²) in [6.45, 7) is 5.18. The molecule has 2 aliphatic heterocycles. The van der Waals surface area contributed by atoms with E-state index in [9.17, 15) is 4.79 Å². The molecule has 0 spiro atoms. The molecule has 142 valence electrons. The molecule has 2 aliphatic rings. The van der Waals surface area contributed by atoms with Crippen LogP contribution in [0.15, 0.2) is 48.5 Å². The standard InChI is InChI=1S/C21H24ClN3O2/c22-17-6-3-5-16(15-17)20-23-19-8-2-1-7-18(19)21(26)25(20)10-4-9-24-11-13-27-14-12-24/h1-3,5-8,15,20,23H,4,9-14H2. The molecule has 1 atom stereocenters. The monoisotopic (exact) mass is 385 g/mol. The zero-order chi connectivity index (χ0) is 18.6. The Morgan fingerprint density at radius 3 is 2.70 bits per heavy atom. The molecule has 0 bridgehead atoms. The van der Waals surface area contributed by atoms with Gasteiger partial charge in [-0.3, -0.25) is 9.69 Å². The van der Waals surface area contributed by atoms with Crippen LogP contribution >= 0.6 is 11.6 Å². The maximum atomic E-state index is 13.2. The number of rotatable bonds is 5. The van der Waals surface area contributed by atoms with E-state index in [0.29, 0.717) is 11.6 Å². The van der Waals surface area contributed by atoms with Crippen LogP contribution < -0.4 is 5.32 Å². The van der Waals surface area contributed by atoms with Gasteiger partial charge in [-0.05, 0) is 36.2 Å². The normalized spacial score (nSPS) is 20.3. The molecule has 0 aromatic heterocycles. The summed E-state index contributed by atoms with van der Waals surface area (Å²) >= 11 is 6.20. The number of hydrogen-bond acceptors (Lipinski definition) is 4. The minimum Gasteiger partial charge on any atom is -0.379 e. The van der Waals surface area contributed by atoms with Crippen molar-refractivity contribution in [2.45, 2.75) is 12.6 Å². The number of carbonyl (C=O) groups excluding carboxylic acids is 1. The first kappa shape index (κ1) is 18.3. The van der Waals surface area contributed by atoms with Crippen LogP contribution in [-0.4, -0.2) is 55.1 Å². The quantitative estimate of drug-likeness (QED) is 0.853. The van der Waals surface area contributed by atoms with E-state index in [1.54, 1.807) is 0 Å². The molecule has 0 radical (unpaired) electrons. The number of nitrogens with one attached hydrogen (secondary N) is 1. The average Bonchev–Trinajstić information content (AvgIpc) is 2.70. The number of fused-ring (bicyclic) bond motifs is 1. The van der Waals surface area contributed by atoms with Crippen molar-refractivity contribution >= 4 is 23.2 Å². The van der Waals surface area contributed by atoms with Gasteiger partial charge < -0.3 is 15.0 Å². The molecule has 0 aliphatic carbocycles. The number of hydrogen-bond donors (Lipinski definition) is 1. The number of nitrogens with zero attached hydrogens (tertiary/aromatic N) is 2. The second-order valence-electron chi connectivity index (χ2n) is 6.95. The van der Waals surface area contributed by atoms with Crippen LogP contribution in [0, 0.1) is 0 Å². The Bertz CT molecular complexity index is 808. The minimum atomic E-state index is -0.212. The third-order valence-corrected chi connectivity index (χ3v) is 5.40.